The number of hydrogen-bond acceptors (Lipinski definition) is 3. The van der Waals surface area contributed by atoms with Gasteiger partial charge >= 0.3 is 0 Å². The molecule has 2 fully saturated rings. The lowest BCUT2D eigenvalue weighted by molar-refractivity contribution is -0.134. The van der Waals surface area contributed by atoms with Gasteiger partial charge in [-0.05, 0) is 26.3 Å². The molecule has 0 aromatic heterocycles. The summed E-state index contributed by atoms with van der Waals surface area (Å²) in [6.07, 6.45) is 2.15. The summed E-state index contributed by atoms with van der Waals surface area (Å²) in [6.45, 7) is 5.78. The average Bonchev–Trinajstić information content (AvgIpc) is 2.69. The number of nitrogens with zero attached hydrogens (tertiary/aromatic N) is 1. The fourth-order valence-corrected chi connectivity index (χ4v) is 2.25. The van der Waals surface area contributed by atoms with Crippen LogP contribution in [0.15, 0.2) is 0 Å². The Morgan fingerprint density at radius 3 is 2.86 bits per heavy atom. The molecule has 1 amide bonds. The minimum absolute atomic E-state index is 0.0975. The highest BCUT2D eigenvalue weighted by molar-refractivity contribution is 5.82. The van der Waals surface area contributed by atoms with Crippen molar-refractivity contribution >= 4 is 5.91 Å². The largest absolute Gasteiger partial charge is 0.339 e. The Morgan fingerprint density at radius 1 is 1.36 bits per heavy atom. The van der Waals surface area contributed by atoms with Crippen LogP contribution < -0.4 is 10.6 Å². The van der Waals surface area contributed by atoms with Crippen LogP contribution in [0.5, 0.6) is 0 Å². The van der Waals surface area contributed by atoms with Gasteiger partial charge in [0.25, 0.3) is 0 Å². The van der Waals surface area contributed by atoms with Crippen molar-refractivity contribution in [1.82, 2.24) is 15.5 Å². The van der Waals surface area contributed by atoms with Crippen LogP contribution >= 0.6 is 0 Å². The summed E-state index contributed by atoms with van der Waals surface area (Å²) in [5.41, 5.74) is 0. The van der Waals surface area contributed by atoms with Crippen molar-refractivity contribution in [3.63, 3.8) is 0 Å². The van der Waals surface area contributed by atoms with Crippen LogP contribution in [0.1, 0.15) is 19.8 Å². The molecule has 2 N–H and O–H groups in total. The second-order valence-electron chi connectivity index (χ2n) is 4.29. The first-order chi connectivity index (χ1) is 6.77. The second-order valence-corrected chi connectivity index (χ2v) is 4.29. The van der Waals surface area contributed by atoms with Crippen LogP contribution in [-0.4, -0.2) is 49.1 Å². The molecule has 0 aliphatic carbocycles. The van der Waals surface area contributed by atoms with Gasteiger partial charge in [-0.3, -0.25) is 4.79 Å². The third-order valence-corrected chi connectivity index (χ3v) is 3.04. The number of carbonyl (C=O) groups excluding carboxylic acids is 1. The summed E-state index contributed by atoms with van der Waals surface area (Å²) in [5, 5.41) is 6.60. The molecule has 0 aromatic rings. The van der Waals surface area contributed by atoms with E-state index in [0.29, 0.717) is 11.9 Å². The van der Waals surface area contributed by atoms with Gasteiger partial charge in [0.05, 0.1) is 6.04 Å². The fourth-order valence-electron chi connectivity index (χ4n) is 2.25. The first kappa shape index (κ1) is 9.93. The van der Waals surface area contributed by atoms with E-state index in [4.69, 9.17) is 0 Å². The predicted octanol–water partition coefficient (Wildman–Crippen LogP) is -0.441. The first-order valence-corrected chi connectivity index (χ1v) is 5.53. The van der Waals surface area contributed by atoms with Gasteiger partial charge in [-0.2, -0.15) is 0 Å². The maximum absolute atomic E-state index is 12.0. The highest BCUT2D eigenvalue weighted by atomic mass is 16.2. The zero-order valence-corrected chi connectivity index (χ0v) is 8.75. The number of rotatable bonds is 1. The number of carbonyl (C=O) groups is 1. The smallest absolute Gasteiger partial charge is 0.239 e. The quantitative estimate of drug-likeness (QED) is 0.599. The SMILES string of the molecule is CC1CN(C(=O)[C@H]2CCCN2)CCN1. The zero-order valence-electron chi connectivity index (χ0n) is 8.75. The summed E-state index contributed by atoms with van der Waals surface area (Å²) < 4.78 is 0. The summed E-state index contributed by atoms with van der Waals surface area (Å²) in [4.78, 5) is 14.0. The van der Waals surface area contributed by atoms with Crippen LogP contribution in [0.4, 0.5) is 0 Å². The molecule has 1 unspecified atom stereocenters. The highest BCUT2D eigenvalue weighted by Crippen LogP contribution is 2.10. The molecular weight excluding hydrogens is 178 g/mol. The van der Waals surface area contributed by atoms with E-state index in [0.717, 1.165) is 39.0 Å². The van der Waals surface area contributed by atoms with Gasteiger partial charge in [0.2, 0.25) is 5.91 Å². The molecule has 0 aromatic carbocycles. The van der Waals surface area contributed by atoms with Gasteiger partial charge in [-0.15, -0.1) is 0 Å². The lowest BCUT2D eigenvalue weighted by atomic mass is 10.1. The monoisotopic (exact) mass is 197 g/mol. The van der Waals surface area contributed by atoms with E-state index >= 15 is 0 Å². The number of nitrogens with one attached hydrogen (secondary N) is 2. The molecule has 2 atom stereocenters. The maximum Gasteiger partial charge on any atom is 0.239 e. The molecule has 0 radical (unpaired) electrons. The molecular formula is C10H19N3O. The van der Waals surface area contributed by atoms with Crippen molar-refractivity contribution in [1.29, 1.82) is 0 Å². The van der Waals surface area contributed by atoms with Gasteiger partial charge in [-0.25, -0.2) is 0 Å². The van der Waals surface area contributed by atoms with Crippen molar-refractivity contribution in [2.75, 3.05) is 26.2 Å². The Hall–Kier alpha value is -0.610. The van der Waals surface area contributed by atoms with Gasteiger partial charge in [0, 0.05) is 25.7 Å². The van der Waals surface area contributed by atoms with E-state index in [1.54, 1.807) is 0 Å². The van der Waals surface area contributed by atoms with Crippen molar-refractivity contribution < 1.29 is 4.79 Å². The van der Waals surface area contributed by atoms with Crippen LogP contribution in [-0.2, 0) is 4.79 Å². The third-order valence-electron chi connectivity index (χ3n) is 3.04. The minimum atomic E-state index is 0.0975. The van der Waals surface area contributed by atoms with Crippen LogP contribution in [0, 0.1) is 0 Å². The van der Waals surface area contributed by atoms with Crippen molar-refractivity contribution in [3.05, 3.63) is 0 Å². The molecule has 0 bridgehead atoms. The summed E-state index contributed by atoms with van der Waals surface area (Å²) in [7, 11) is 0. The minimum Gasteiger partial charge on any atom is -0.339 e. The predicted molar refractivity (Wildman–Crippen MR) is 55.1 cm³/mol. The van der Waals surface area contributed by atoms with Gasteiger partial charge < -0.3 is 15.5 Å². The van der Waals surface area contributed by atoms with Crippen molar-refractivity contribution in [2.45, 2.75) is 31.8 Å². The van der Waals surface area contributed by atoms with Crippen molar-refractivity contribution in [3.8, 4) is 0 Å². The Bertz CT molecular complexity index is 213. The van der Waals surface area contributed by atoms with Gasteiger partial charge in [-0.1, -0.05) is 0 Å². The number of amides is 1. The molecule has 2 aliphatic heterocycles. The number of hydrogen-bond donors (Lipinski definition) is 2. The molecule has 4 heteroatoms. The van der Waals surface area contributed by atoms with E-state index in [9.17, 15) is 4.79 Å². The Morgan fingerprint density at radius 2 is 2.21 bits per heavy atom. The van der Waals surface area contributed by atoms with Gasteiger partial charge in [0.15, 0.2) is 0 Å². The van der Waals surface area contributed by atoms with E-state index < -0.39 is 0 Å². The van der Waals surface area contributed by atoms with E-state index in [1.165, 1.54) is 0 Å². The Balaban J connectivity index is 1.89. The normalized spacial score (nSPS) is 33.4. The van der Waals surface area contributed by atoms with Crippen LogP contribution in [0.2, 0.25) is 0 Å². The summed E-state index contributed by atoms with van der Waals surface area (Å²) in [5.74, 6) is 0.302. The molecule has 2 saturated heterocycles. The fraction of sp³-hybridized carbons (Fsp3) is 0.900. The maximum atomic E-state index is 12.0. The lowest BCUT2D eigenvalue weighted by Crippen LogP contribution is -2.55. The molecule has 0 saturated carbocycles. The summed E-state index contributed by atoms with van der Waals surface area (Å²) >= 11 is 0. The highest BCUT2D eigenvalue weighted by Gasteiger charge is 2.28. The molecule has 4 nitrogen and oxygen atoms in total. The lowest BCUT2D eigenvalue weighted by Gasteiger charge is -2.33. The van der Waals surface area contributed by atoms with Crippen molar-refractivity contribution in [2.24, 2.45) is 0 Å². The molecule has 2 heterocycles. The van der Waals surface area contributed by atoms with Crippen LogP contribution in [0.3, 0.4) is 0 Å². The number of piperazine rings is 1. The average molecular weight is 197 g/mol. The molecule has 14 heavy (non-hydrogen) atoms. The van der Waals surface area contributed by atoms with Crippen LogP contribution in [0.25, 0.3) is 0 Å². The topological polar surface area (TPSA) is 44.4 Å². The van der Waals surface area contributed by atoms with E-state index in [-0.39, 0.29) is 6.04 Å². The standard InChI is InChI=1S/C10H19N3O/c1-8-7-13(6-5-11-8)10(14)9-3-2-4-12-9/h8-9,11-12H,2-7H2,1H3/t8?,9-/m1/s1. The zero-order chi connectivity index (χ0) is 9.97. The Labute approximate surface area is 85.0 Å². The molecule has 80 valence electrons. The molecule has 2 aliphatic rings. The van der Waals surface area contributed by atoms with Gasteiger partial charge in [0.1, 0.15) is 0 Å². The Kier molecular flexibility index (Phi) is 3.03. The second kappa shape index (κ2) is 4.28. The first-order valence-electron chi connectivity index (χ1n) is 5.53. The third kappa shape index (κ3) is 2.07. The van der Waals surface area contributed by atoms with E-state index in [1.807, 2.05) is 4.90 Å². The molecule has 0 spiro atoms. The molecule has 2 rings (SSSR count). The summed E-state index contributed by atoms with van der Waals surface area (Å²) in [6, 6.07) is 0.536. The van der Waals surface area contributed by atoms with E-state index in [2.05, 4.69) is 17.6 Å².